The number of nitrogens with one attached hydrogen (secondary N) is 1. The molecule has 1 amide bonds. The fourth-order valence-corrected chi connectivity index (χ4v) is 4.84. The van der Waals surface area contributed by atoms with E-state index in [1.807, 2.05) is 91.9 Å². The molecule has 4 aromatic rings. The van der Waals surface area contributed by atoms with Crippen molar-refractivity contribution in [1.29, 1.82) is 0 Å². The summed E-state index contributed by atoms with van der Waals surface area (Å²) < 4.78 is 5.55. The zero-order chi connectivity index (χ0) is 25.1. The number of hydrogen-bond acceptors (Lipinski definition) is 3. The van der Waals surface area contributed by atoms with Gasteiger partial charge in [-0.05, 0) is 45.9 Å². The van der Waals surface area contributed by atoms with Crippen LogP contribution in [0.15, 0.2) is 97.1 Å². The first-order valence-corrected chi connectivity index (χ1v) is 12.0. The largest absolute Gasteiger partial charge is 0.480 e. The van der Waals surface area contributed by atoms with Crippen LogP contribution in [-0.2, 0) is 16.0 Å². The van der Waals surface area contributed by atoms with Crippen molar-refractivity contribution in [2.24, 2.45) is 0 Å². The Morgan fingerprint density at radius 3 is 2.11 bits per heavy atom. The summed E-state index contributed by atoms with van der Waals surface area (Å²) in [5.74, 6) is -1.19. The summed E-state index contributed by atoms with van der Waals surface area (Å²) in [6.07, 6.45) is -0.585. The zero-order valence-corrected chi connectivity index (χ0v) is 20.0. The van der Waals surface area contributed by atoms with Crippen molar-refractivity contribution in [1.82, 2.24) is 5.32 Å². The molecule has 0 aromatic heterocycles. The third kappa shape index (κ3) is 4.86. The van der Waals surface area contributed by atoms with Crippen molar-refractivity contribution in [3.8, 4) is 22.3 Å². The van der Waals surface area contributed by atoms with Gasteiger partial charge in [-0.1, -0.05) is 103 Å². The Labute approximate surface area is 210 Å². The Morgan fingerprint density at radius 2 is 1.47 bits per heavy atom. The van der Waals surface area contributed by atoms with E-state index >= 15 is 0 Å². The number of ether oxygens (including phenoxy) is 1. The first kappa shape index (κ1) is 23.4. The Hall–Kier alpha value is -4.38. The molecule has 5 rings (SSSR count). The average Bonchev–Trinajstić information content (AvgIpc) is 3.21. The molecular weight excluding hydrogens is 450 g/mol. The van der Waals surface area contributed by atoms with Crippen LogP contribution in [0.5, 0.6) is 0 Å². The number of carbonyl (C=O) groups excluding carboxylic acids is 1. The fraction of sp³-hybridized carbons (Fsp3) is 0.161. The van der Waals surface area contributed by atoms with Crippen molar-refractivity contribution >= 4 is 12.1 Å². The van der Waals surface area contributed by atoms with Crippen molar-refractivity contribution in [3.05, 3.63) is 119 Å². The molecule has 0 aliphatic heterocycles. The van der Waals surface area contributed by atoms with Gasteiger partial charge in [0.15, 0.2) is 0 Å². The van der Waals surface area contributed by atoms with E-state index in [-0.39, 0.29) is 18.9 Å². The van der Waals surface area contributed by atoms with Gasteiger partial charge in [0.1, 0.15) is 12.6 Å². The third-order valence-corrected chi connectivity index (χ3v) is 6.69. The highest BCUT2D eigenvalue weighted by Gasteiger charge is 2.29. The van der Waals surface area contributed by atoms with Crippen molar-refractivity contribution in [2.75, 3.05) is 6.61 Å². The Bertz CT molecular complexity index is 1360. The van der Waals surface area contributed by atoms with Gasteiger partial charge in [-0.2, -0.15) is 0 Å². The number of fused-ring (bicyclic) bond motifs is 3. The average molecular weight is 478 g/mol. The highest BCUT2D eigenvalue weighted by Crippen LogP contribution is 2.44. The Kier molecular flexibility index (Phi) is 6.54. The highest BCUT2D eigenvalue weighted by molar-refractivity contribution is 5.81. The van der Waals surface area contributed by atoms with E-state index in [0.29, 0.717) is 0 Å². The number of rotatable bonds is 7. The fourth-order valence-electron chi connectivity index (χ4n) is 4.84. The molecular formula is C31H27NO4. The first-order chi connectivity index (χ1) is 17.5. The molecule has 4 aromatic carbocycles. The summed E-state index contributed by atoms with van der Waals surface area (Å²) >= 11 is 0. The van der Waals surface area contributed by atoms with E-state index in [0.717, 1.165) is 38.9 Å². The highest BCUT2D eigenvalue weighted by atomic mass is 16.5. The number of carboxylic acids is 1. The van der Waals surface area contributed by atoms with E-state index in [1.165, 1.54) is 5.56 Å². The second-order valence-electron chi connectivity index (χ2n) is 9.13. The van der Waals surface area contributed by atoms with Crippen LogP contribution < -0.4 is 5.32 Å². The minimum absolute atomic E-state index is 0.0855. The molecule has 36 heavy (non-hydrogen) atoms. The summed E-state index contributed by atoms with van der Waals surface area (Å²) in [4.78, 5) is 24.6. The van der Waals surface area contributed by atoms with Crippen LogP contribution in [0.2, 0.25) is 0 Å². The maximum absolute atomic E-state index is 12.7. The number of hydrogen-bond donors (Lipinski definition) is 2. The monoisotopic (exact) mass is 477 g/mol. The van der Waals surface area contributed by atoms with Gasteiger partial charge in [-0.3, -0.25) is 0 Å². The SMILES string of the molecule is Cc1ccc(-c2cccc(C[C@H](NC(=O)OCC3c4ccccc4-c4ccccc43)C(=O)O)c2)cc1. The van der Waals surface area contributed by atoms with Crippen molar-refractivity contribution in [3.63, 3.8) is 0 Å². The van der Waals surface area contributed by atoms with Crippen molar-refractivity contribution < 1.29 is 19.4 Å². The molecule has 0 saturated heterocycles. The molecule has 0 radical (unpaired) electrons. The van der Waals surface area contributed by atoms with Gasteiger partial charge < -0.3 is 15.2 Å². The molecule has 5 nitrogen and oxygen atoms in total. The number of carboxylic acid groups (broad SMARTS) is 1. The number of aryl methyl sites for hydroxylation is 1. The lowest BCUT2D eigenvalue weighted by atomic mass is 9.98. The summed E-state index contributed by atoms with van der Waals surface area (Å²) in [5.41, 5.74) is 8.53. The van der Waals surface area contributed by atoms with Crippen LogP contribution in [-0.4, -0.2) is 29.8 Å². The second-order valence-corrected chi connectivity index (χ2v) is 9.13. The van der Waals surface area contributed by atoms with Gasteiger partial charge in [-0.15, -0.1) is 0 Å². The first-order valence-electron chi connectivity index (χ1n) is 12.0. The van der Waals surface area contributed by atoms with Crippen LogP contribution in [0.1, 0.15) is 28.2 Å². The van der Waals surface area contributed by atoms with Gasteiger partial charge in [0.25, 0.3) is 0 Å². The topological polar surface area (TPSA) is 75.6 Å². The Balaban J connectivity index is 1.26. The van der Waals surface area contributed by atoms with Crippen LogP contribution in [0.25, 0.3) is 22.3 Å². The molecule has 0 fully saturated rings. The summed E-state index contributed by atoms with van der Waals surface area (Å²) in [6, 6.07) is 30.9. The molecule has 1 aliphatic rings. The van der Waals surface area contributed by atoms with Gasteiger partial charge in [0.05, 0.1) is 0 Å². The lowest BCUT2D eigenvalue weighted by Crippen LogP contribution is -2.42. The Morgan fingerprint density at radius 1 is 0.833 bits per heavy atom. The number of benzene rings is 4. The zero-order valence-electron chi connectivity index (χ0n) is 20.0. The predicted molar refractivity (Wildman–Crippen MR) is 140 cm³/mol. The molecule has 0 unspecified atom stereocenters. The van der Waals surface area contributed by atoms with E-state index < -0.39 is 18.1 Å². The normalized spacial score (nSPS) is 12.9. The lowest BCUT2D eigenvalue weighted by Gasteiger charge is -2.18. The van der Waals surface area contributed by atoms with Gasteiger partial charge in [-0.25, -0.2) is 9.59 Å². The smallest absolute Gasteiger partial charge is 0.407 e. The van der Waals surface area contributed by atoms with Gasteiger partial charge in [0.2, 0.25) is 0 Å². The van der Waals surface area contributed by atoms with Gasteiger partial charge >= 0.3 is 12.1 Å². The summed E-state index contributed by atoms with van der Waals surface area (Å²) in [6.45, 7) is 2.17. The van der Waals surface area contributed by atoms with E-state index in [9.17, 15) is 14.7 Å². The second kappa shape index (κ2) is 10.1. The molecule has 5 heteroatoms. The summed E-state index contributed by atoms with van der Waals surface area (Å²) in [5, 5.41) is 12.3. The van der Waals surface area contributed by atoms with Crippen LogP contribution in [0, 0.1) is 6.92 Å². The van der Waals surface area contributed by atoms with Crippen LogP contribution in [0.4, 0.5) is 4.79 Å². The molecule has 1 atom stereocenters. The number of alkyl carbamates (subject to hydrolysis) is 1. The number of aliphatic carboxylic acids is 1. The molecule has 1 aliphatic carbocycles. The predicted octanol–water partition coefficient (Wildman–Crippen LogP) is 6.20. The molecule has 0 spiro atoms. The minimum Gasteiger partial charge on any atom is -0.480 e. The molecule has 0 heterocycles. The summed E-state index contributed by atoms with van der Waals surface area (Å²) in [7, 11) is 0. The van der Waals surface area contributed by atoms with Crippen LogP contribution in [0.3, 0.4) is 0 Å². The minimum atomic E-state index is -1.11. The van der Waals surface area contributed by atoms with Gasteiger partial charge in [0, 0.05) is 12.3 Å². The molecule has 2 N–H and O–H groups in total. The van der Waals surface area contributed by atoms with E-state index in [1.54, 1.807) is 0 Å². The quantitative estimate of drug-likeness (QED) is 0.332. The number of amides is 1. The maximum atomic E-state index is 12.7. The number of carbonyl (C=O) groups is 2. The van der Waals surface area contributed by atoms with Crippen LogP contribution >= 0.6 is 0 Å². The lowest BCUT2D eigenvalue weighted by molar-refractivity contribution is -0.139. The molecule has 180 valence electrons. The maximum Gasteiger partial charge on any atom is 0.407 e. The molecule has 0 bridgehead atoms. The van der Waals surface area contributed by atoms with E-state index in [4.69, 9.17) is 4.74 Å². The van der Waals surface area contributed by atoms with E-state index in [2.05, 4.69) is 17.4 Å². The third-order valence-electron chi connectivity index (χ3n) is 6.69. The molecule has 0 saturated carbocycles. The standard InChI is InChI=1S/C31H27NO4/c1-20-13-15-22(16-14-20)23-8-6-7-21(17-23)18-29(30(33)34)32-31(35)36-19-28-26-11-4-2-9-24(26)25-10-3-5-12-27(25)28/h2-17,28-29H,18-19H2,1H3,(H,32,35)(H,33,34)/t29-/m0/s1. The van der Waals surface area contributed by atoms with Crippen molar-refractivity contribution in [2.45, 2.75) is 25.3 Å².